The molecule has 7 heteroatoms. The first-order valence-corrected chi connectivity index (χ1v) is 7.84. The summed E-state index contributed by atoms with van der Waals surface area (Å²) in [6, 6.07) is 9.04. The highest BCUT2D eigenvalue weighted by atomic mass is 19.3. The highest BCUT2D eigenvalue weighted by Crippen LogP contribution is 2.40. The summed E-state index contributed by atoms with van der Waals surface area (Å²) in [4.78, 5) is 14.4. The molecule has 136 valence electrons. The molecule has 1 heterocycles. The summed E-state index contributed by atoms with van der Waals surface area (Å²) in [5, 5.41) is 10.1. The van der Waals surface area contributed by atoms with E-state index in [1.165, 1.54) is 24.3 Å². The van der Waals surface area contributed by atoms with Crippen molar-refractivity contribution in [2.24, 2.45) is 0 Å². The molecular formula is C19H17F2NO4. The fourth-order valence-corrected chi connectivity index (χ4v) is 2.71. The lowest BCUT2D eigenvalue weighted by atomic mass is 10.0. The van der Waals surface area contributed by atoms with E-state index in [0.29, 0.717) is 23.2 Å². The van der Waals surface area contributed by atoms with Crippen molar-refractivity contribution in [3.63, 3.8) is 0 Å². The Kier molecular flexibility index (Phi) is 4.90. The molecule has 0 fully saturated rings. The van der Waals surface area contributed by atoms with Crippen molar-refractivity contribution in [1.82, 2.24) is 4.90 Å². The first-order valence-electron chi connectivity index (χ1n) is 7.84. The van der Waals surface area contributed by atoms with Gasteiger partial charge in [0.25, 0.3) is 0 Å². The number of aromatic hydroxyl groups is 1. The van der Waals surface area contributed by atoms with Gasteiger partial charge in [-0.15, -0.1) is 0 Å². The van der Waals surface area contributed by atoms with Gasteiger partial charge >= 0.3 is 6.61 Å². The van der Waals surface area contributed by atoms with Gasteiger partial charge in [-0.05, 0) is 38.4 Å². The molecule has 0 saturated carbocycles. The van der Waals surface area contributed by atoms with Crippen LogP contribution >= 0.6 is 0 Å². The smallest absolute Gasteiger partial charge is 0.387 e. The quantitative estimate of drug-likeness (QED) is 0.824. The van der Waals surface area contributed by atoms with E-state index in [4.69, 9.17) is 4.74 Å². The van der Waals surface area contributed by atoms with Crippen molar-refractivity contribution in [3.8, 4) is 17.2 Å². The number of nitrogens with zero attached hydrogens (tertiary/aromatic N) is 1. The number of fused-ring (bicyclic) bond motifs is 1. The molecule has 0 atom stereocenters. The van der Waals surface area contributed by atoms with Crippen molar-refractivity contribution >= 4 is 11.9 Å². The molecule has 0 saturated heterocycles. The van der Waals surface area contributed by atoms with E-state index < -0.39 is 6.61 Å². The van der Waals surface area contributed by atoms with E-state index in [1.807, 2.05) is 19.0 Å². The molecule has 1 N–H and O–H groups in total. The maximum atomic E-state index is 12.6. The number of halogens is 2. The summed E-state index contributed by atoms with van der Waals surface area (Å²) in [6.45, 7) is -2.60. The molecule has 5 nitrogen and oxygen atoms in total. The minimum atomic E-state index is -2.98. The Labute approximate surface area is 149 Å². The number of para-hydroxylation sites is 1. The predicted octanol–water partition coefficient (Wildman–Crippen LogP) is 3.67. The van der Waals surface area contributed by atoms with Crippen LogP contribution in [0.2, 0.25) is 0 Å². The maximum absolute atomic E-state index is 12.6. The number of carbonyl (C=O) groups is 1. The van der Waals surface area contributed by atoms with Gasteiger partial charge in [0.05, 0.1) is 11.1 Å². The lowest BCUT2D eigenvalue weighted by Crippen LogP contribution is -2.11. The molecule has 0 aromatic heterocycles. The van der Waals surface area contributed by atoms with Gasteiger partial charge in [0.2, 0.25) is 5.78 Å². The van der Waals surface area contributed by atoms with Crippen LogP contribution in [0.25, 0.3) is 6.08 Å². The molecule has 0 amide bonds. The van der Waals surface area contributed by atoms with Gasteiger partial charge in [0, 0.05) is 12.1 Å². The average molecular weight is 361 g/mol. The summed E-state index contributed by atoms with van der Waals surface area (Å²) in [5.41, 5.74) is 1.10. The molecule has 0 unspecified atom stereocenters. The molecule has 3 rings (SSSR count). The number of ketones is 1. The predicted molar refractivity (Wildman–Crippen MR) is 91.5 cm³/mol. The first kappa shape index (κ1) is 17.9. The summed E-state index contributed by atoms with van der Waals surface area (Å²) in [7, 11) is 3.65. The Hall–Kier alpha value is -2.93. The van der Waals surface area contributed by atoms with E-state index in [9.17, 15) is 18.7 Å². The Morgan fingerprint density at radius 2 is 1.96 bits per heavy atom. The molecule has 26 heavy (non-hydrogen) atoms. The standard InChI is InChI=1S/C19H17F2NO4/c1-22(2)10-13-14(23)8-7-12-17(24)16(25-18(12)13)9-11-5-3-4-6-15(11)26-19(20)21/h3-9,19,23H,10H2,1-2H3/b16-9-. The van der Waals surface area contributed by atoms with E-state index in [-0.39, 0.29) is 28.8 Å². The second-order valence-electron chi connectivity index (χ2n) is 6.03. The monoisotopic (exact) mass is 361 g/mol. The zero-order valence-corrected chi connectivity index (χ0v) is 14.2. The van der Waals surface area contributed by atoms with Gasteiger partial charge in [-0.1, -0.05) is 18.2 Å². The lowest BCUT2D eigenvalue weighted by Gasteiger charge is -2.14. The number of benzene rings is 2. The number of phenolic OH excluding ortho intramolecular Hbond substituents is 1. The Morgan fingerprint density at radius 1 is 1.23 bits per heavy atom. The van der Waals surface area contributed by atoms with Crippen LogP contribution in [0.1, 0.15) is 21.5 Å². The van der Waals surface area contributed by atoms with E-state index in [0.717, 1.165) is 0 Å². The van der Waals surface area contributed by atoms with E-state index in [1.54, 1.807) is 18.2 Å². The number of alkyl halides is 2. The molecule has 1 aliphatic rings. The lowest BCUT2D eigenvalue weighted by molar-refractivity contribution is -0.0499. The SMILES string of the molecule is CN(C)Cc1c(O)ccc2c1O/C(=C\c1ccccc1OC(F)F)C2=O. The summed E-state index contributed by atoms with van der Waals surface area (Å²) >= 11 is 0. The molecular weight excluding hydrogens is 344 g/mol. The van der Waals surface area contributed by atoms with Gasteiger partial charge in [-0.3, -0.25) is 4.79 Å². The highest BCUT2D eigenvalue weighted by Gasteiger charge is 2.31. The van der Waals surface area contributed by atoms with Crippen molar-refractivity contribution < 1.29 is 28.2 Å². The largest absolute Gasteiger partial charge is 0.507 e. The molecule has 0 bridgehead atoms. The van der Waals surface area contributed by atoms with Gasteiger partial charge in [-0.2, -0.15) is 8.78 Å². The van der Waals surface area contributed by atoms with Crippen molar-refractivity contribution in [2.75, 3.05) is 14.1 Å². The van der Waals surface area contributed by atoms with Crippen LogP contribution in [0.3, 0.4) is 0 Å². The first-order chi connectivity index (χ1) is 12.4. The average Bonchev–Trinajstić information content (AvgIpc) is 2.88. The van der Waals surface area contributed by atoms with Crippen LogP contribution in [-0.2, 0) is 6.54 Å². The fraction of sp³-hybridized carbons (Fsp3) is 0.211. The molecule has 0 spiro atoms. The number of rotatable bonds is 5. The molecule has 0 radical (unpaired) electrons. The number of carbonyl (C=O) groups excluding carboxylic acids is 1. The number of Topliss-reactive ketones (excluding diaryl/α,β-unsaturated/α-hetero) is 1. The maximum Gasteiger partial charge on any atom is 0.387 e. The minimum absolute atomic E-state index is 0.0177. The van der Waals surface area contributed by atoms with E-state index >= 15 is 0 Å². The number of hydrogen-bond acceptors (Lipinski definition) is 5. The number of allylic oxidation sites excluding steroid dienone is 1. The number of ether oxygens (including phenoxy) is 2. The topological polar surface area (TPSA) is 59.0 Å². The molecule has 1 aliphatic heterocycles. The summed E-state index contributed by atoms with van der Waals surface area (Å²) in [6.07, 6.45) is 1.36. The van der Waals surface area contributed by atoms with Crippen LogP contribution in [0, 0.1) is 0 Å². The van der Waals surface area contributed by atoms with Crippen molar-refractivity contribution in [2.45, 2.75) is 13.2 Å². The number of phenols is 1. The van der Waals surface area contributed by atoms with E-state index in [2.05, 4.69) is 4.74 Å². The summed E-state index contributed by atoms with van der Waals surface area (Å²) < 4.78 is 35.3. The van der Waals surface area contributed by atoms with Crippen molar-refractivity contribution in [1.29, 1.82) is 0 Å². The molecule has 2 aromatic carbocycles. The zero-order chi connectivity index (χ0) is 18.8. The number of hydrogen-bond donors (Lipinski definition) is 1. The van der Waals surface area contributed by atoms with Crippen LogP contribution in [0.5, 0.6) is 17.2 Å². The second kappa shape index (κ2) is 7.13. The van der Waals surface area contributed by atoms with Crippen LogP contribution in [0.15, 0.2) is 42.2 Å². The summed E-state index contributed by atoms with van der Waals surface area (Å²) in [5.74, 6) is -0.156. The minimum Gasteiger partial charge on any atom is -0.507 e. The third kappa shape index (κ3) is 3.52. The van der Waals surface area contributed by atoms with Crippen LogP contribution in [0.4, 0.5) is 8.78 Å². The Morgan fingerprint density at radius 3 is 2.65 bits per heavy atom. The van der Waals surface area contributed by atoms with Gasteiger partial charge in [0.15, 0.2) is 5.76 Å². The molecule has 0 aliphatic carbocycles. The Bertz CT molecular complexity index is 878. The normalized spacial score (nSPS) is 14.8. The Balaban J connectivity index is 2.00. The second-order valence-corrected chi connectivity index (χ2v) is 6.03. The molecule has 2 aromatic rings. The third-order valence-corrected chi connectivity index (χ3v) is 3.81. The van der Waals surface area contributed by atoms with Gasteiger partial charge in [0.1, 0.15) is 17.2 Å². The van der Waals surface area contributed by atoms with Crippen LogP contribution in [-0.4, -0.2) is 36.5 Å². The third-order valence-electron chi connectivity index (χ3n) is 3.81. The zero-order valence-electron chi connectivity index (χ0n) is 14.2. The highest BCUT2D eigenvalue weighted by molar-refractivity contribution is 6.15. The van der Waals surface area contributed by atoms with Crippen LogP contribution < -0.4 is 9.47 Å². The van der Waals surface area contributed by atoms with Gasteiger partial charge < -0.3 is 19.5 Å². The van der Waals surface area contributed by atoms with Crippen molar-refractivity contribution in [3.05, 3.63) is 58.8 Å². The fourth-order valence-electron chi connectivity index (χ4n) is 2.71. The van der Waals surface area contributed by atoms with Gasteiger partial charge in [-0.25, -0.2) is 0 Å².